The van der Waals surface area contributed by atoms with Crippen LogP contribution in [0, 0.1) is 17.0 Å². The Labute approximate surface area is 113 Å². The lowest BCUT2D eigenvalue weighted by Crippen LogP contribution is -1.98. The van der Waals surface area contributed by atoms with Crippen LogP contribution in [-0.4, -0.2) is 31.0 Å². The molecule has 0 aliphatic heterocycles. The van der Waals surface area contributed by atoms with Crippen molar-refractivity contribution in [2.45, 2.75) is 19.8 Å². The van der Waals surface area contributed by atoms with Crippen LogP contribution in [0.5, 0.6) is 0 Å². The van der Waals surface area contributed by atoms with Gasteiger partial charge in [0, 0.05) is 18.1 Å². The number of benzene rings is 1. The topological polar surface area (TPSA) is 111 Å². The van der Waals surface area contributed by atoms with Gasteiger partial charge < -0.3 is 5.11 Å². The molecule has 1 aromatic carbocycles. The average molecular weight is 276 g/mol. The monoisotopic (exact) mass is 276 g/mol. The van der Waals surface area contributed by atoms with Gasteiger partial charge in [-0.2, -0.15) is 0 Å². The molecular weight excluding hydrogens is 264 g/mol. The van der Waals surface area contributed by atoms with Gasteiger partial charge in [-0.3, -0.25) is 14.9 Å². The van der Waals surface area contributed by atoms with Crippen molar-refractivity contribution in [2.75, 3.05) is 0 Å². The maximum absolute atomic E-state index is 10.7. The summed E-state index contributed by atoms with van der Waals surface area (Å²) in [6, 6.07) is 4.61. The van der Waals surface area contributed by atoms with E-state index in [4.69, 9.17) is 5.11 Å². The van der Waals surface area contributed by atoms with Gasteiger partial charge in [0.2, 0.25) is 0 Å². The molecule has 2 rings (SSSR count). The Kier molecular flexibility index (Phi) is 3.74. The fourth-order valence-electron chi connectivity index (χ4n) is 1.76. The number of aryl methyl sites for hydroxylation is 2. The molecule has 0 saturated carbocycles. The number of carboxylic acids is 1. The van der Waals surface area contributed by atoms with Gasteiger partial charge in [-0.05, 0) is 19.1 Å². The first-order valence-electron chi connectivity index (χ1n) is 5.86. The third-order valence-electron chi connectivity index (χ3n) is 2.78. The molecule has 0 aliphatic carbocycles. The molecule has 8 nitrogen and oxygen atoms in total. The SMILES string of the molecule is Cc1cc(-n2cc(CCC(=O)O)nn2)ccc1[N+](=O)[O-]. The van der Waals surface area contributed by atoms with Crippen molar-refractivity contribution >= 4 is 11.7 Å². The molecule has 0 atom stereocenters. The van der Waals surface area contributed by atoms with Crippen molar-refractivity contribution < 1.29 is 14.8 Å². The first-order chi connectivity index (χ1) is 9.47. The summed E-state index contributed by atoms with van der Waals surface area (Å²) in [6.45, 7) is 1.64. The number of nitro groups is 1. The van der Waals surface area contributed by atoms with Gasteiger partial charge in [0.1, 0.15) is 0 Å². The molecule has 0 spiro atoms. The Bertz CT molecular complexity index is 665. The Hall–Kier alpha value is -2.77. The van der Waals surface area contributed by atoms with Gasteiger partial charge >= 0.3 is 5.97 Å². The number of hydrogen-bond acceptors (Lipinski definition) is 5. The first-order valence-corrected chi connectivity index (χ1v) is 5.86. The van der Waals surface area contributed by atoms with E-state index in [2.05, 4.69) is 10.3 Å². The lowest BCUT2D eigenvalue weighted by Gasteiger charge is -2.02. The zero-order valence-electron chi connectivity index (χ0n) is 10.7. The quantitative estimate of drug-likeness (QED) is 0.654. The predicted molar refractivity (Wildman–Crippen MR) is 68.7 cm³/mol. The van der Waals surface area contributed by atoms with E-state index in [0.717, 1.165) is 0 Å². The van der Waals surface area contributed by atoms with E-state index in [9.17, 15) is 14.9 Å². The summed E-state index contributed by atoms with van der Waals surface area (Å²) in [5, 5.41) is 27.1. The highest BCUT2D eigenvalue weighted by atomic mass is 16.6. The van der Waals surface area contributed by atoms with Crippen molar-refractivity contribution in [3.8, 4) is 5.69 Å². The molecule has 0 aliphatic rings. The molecule has 0 unspecified atom stereocenters. The summed E-state index contributed by atoms with van der Waals surface area (Å²) in [5.41, 5.74) is 1.76. The number of aliphatic carboxylic acids is 1. The molecule has 1 heterocycles. The van der Waals surface area contributed by atoms with Crippen LogP contribution in [0.1, 0.15) is 17.7 Å². The lowest BCUT2D eigenvalue weighted by molar-refractivity contribution is -0.385. The van der Waals surface area contributed by atoms with Crippen LogP contribution in [0.3, 0.4) is 0 Å². The number of nitrogens with zero attached hydrogens (tertiary/aromatic N) is 4. The highest BCUT2D eigenvalue weighted by Gasteiger charge is 2.12. The molecule has 0 bridgehead atoms. The Morgan fingerprint density at radius 2 is 2.25 bits per heavy atom. The maximum Gasteiger partial charge on any atom is 0.303 e. The minimum Gasteiger partial charge on any atom is -0.481 e. The van der Waals surface area contributed by atoms with Crippen molar-refractivity contribution in [1.82, 2.24) is 15.0 Å². The third kappa shape index (κ3) is 2.97. The molecule has 2 aromatic rings. The van der Waals surface area contributed by atoms with Crippen LogP contribution in [0.4, 0.5) is 5.69 Å². The van der Waals surface area contributed by atoms with Gasteiger partial charge in [-0.1, -0.05) is 5.21 Å². The van der Waals surface area contributed by atoms with Crippen LogP contribution in [0.2, 0.25) is 0 Å². The van der Waals surface area contributed by atoms with E-state index < -0.39 is 10.9 Å². The summed E-state index contributed by atoms with van der Waals surface area (Å²) >= 11 is 0. The molecule has 1 N–H and O–H groups in total. The van der Waals surface area contributed by atoms with E-state index >= 15 is 0 Å². The fourth-order valence-corrected chi connectivity index (χ4v) is 1.76. The Morgan fingerprint density at radius 1 is 1.50 bits per heavy atom. The van der Waals surface area contributed by atoms with Crippen molar-refractivity contribution in [2.24, 2.45) is 0 Å². The summed E-state index contributed by atoms with van der Waals surface area (Å²) in [4.78, 5) is 20.8. The zero-order chi connectivity index (χ0) is 14.7. The van der Waals surface area contributed by atoms with Crippen molar-refractivity contribution in [3.63, 3.8) is 0 Å². The second kappa shape index (κ2) is 5.47. The maximum atomic E-state index is 10.7. The van der Waals surface area contributed by atoms with E-state index in [-0.39, 0.29) is 12.1 Å². The molecule has 8 heteroatoms. The molecule has 20 heavy (non-hydrogen) atoms. The van der Waals surface area contributed by atoms with Gasteiger partial charge in [0.05, 0.1) is 28.9 Å². The van der Waals surface area contributed by atoms with Crippen molar-refractivity contribution in [1.29, 1.82) is 0 Å². The normalized spacial score (nSPS) is 10.4. The van der Waals surface area contributed by atoms with Crippen LogP contribution >= 0.6 is 0 Å². The van der Waals surface area contributed by atoms with Gasteiger partial charge in [-0.25, -0.2) is 4.68 Å². The van der Waals surface area contributed by atoms with Crippen molar-refractivity contribution in [3.05, 3.63) is 45.8 Å². The summed E-state index contributed by atoms with van der Waals surface area (Å²) < 4.78 is 1.47. The molecule has 1 aromatic heterocycles. The van der Waals surface area contributed by atoms with Crippen LogP contribution in [-0.2, 0) is 11.2 Å². The average Bonchev–Trinajstić information content (AvgIpc) is 2.84. The first kappa shape index (κ1) is 13.7. The summed E-state index contributed by atoms with van der Waals surface area (Å²) in [6.07, 6.45) is 1.89. The van der Waals surface area contributed by atoms with E-state index in [1.807, 2.05) is 0 Å². The van der Waals surface area contributed by atoms with Gasteiger partial charge in [-0.15, -0.1) is 5.10 Å². The Balaban J connectivity index is 2.22. The second-order valence-corrected chi connectivity index (χ2v) is 4.28. The van der Waals surface area contributed by atoms with Gasteiger partial charge in [0.15, 0.2) is 0 Å². The van der Waals surface area contributed by atoms with Crippen LogP contribution in [0.25, 0.3) is 5.69 Å². The number of rotatable bonds is 5. The zero-order valence-corrected chi connectivity index (χ0v) is 10.7. The molecule has 0 saturated heterocycles. The highest BCUT2D eigenvalue weighted by Crippen LogP contribution is 2.20. The summed E-state index contributed by atoms with van der Waals surface area (Å²) in [7, 11) is 0. The lowest BCUT2D eigenvalue weighted by atomic mass is 10.2. The molecule has 0 radical (unpaired) electrons. The molecule has 0 fully saturated rings. The van der Waals surface area contributed by atoms with E-state index in [1.165, 1.54) is 10.7 Å². The smallest absolute Gasteiger partial charge is 0.303 e. The number of aromatic nitrogens is 3. The number of nitro benzene ring substituents is 1. The fraction of sp³-hybridized carbons (Fsp3) is 0.250. The largest absolute Gasteiger partial charge is 0.481 e. The highest BCUT2D eigenvalue weighted by molar-refractivity contribution is 5.66. The number of carbonyl (C=O) groups is 1. The molecule has 104 valence electrons. The predicted octanol–water partition coefficient (Wildman–Crippen LogP) is 1.50. The van der Waals surface area contributed by atoms with E-state index in [1.54, 1.807) is 25.3 Å². The number of carboxylic acid groups (broad SMARTS) is 1. The number of hydrogen-bond donors (Lipinski definition) is 1. The van der Waals surface area contributed by atoms with Crippen LogP contribution < -0.4 is 0 Å². The molecular formula is C12H12N4O4. The standard InChI is InChI=1S/C12H12N4O4/c1-8-6-10(3-4-11(8)16(19)20)15-7-9(13-14-15)2-5-12(17)18/h3-4,6-7H,2,5H2,1H3,(H,17,18). The second-order valence-electron chi connectivity index (χ2n) is 4.28. The minimum atomic E-state index is -0.897. The third-order valence-corrected chi connectivity index (χ3v) is 2.78. The molecule has 0 amide bonds. The Morgan fingerprint density at radius 3 is 2.85 bits per heavy atom. The van der Waals surface area contributed by atoms with Gasteiger partial charge in [0.25, 0.3) is 5.69 Å². The minimum absolute atomic E-state index is 0.0159. The van der Waals surface area contributed by atoms with E-state index in [0.29, 0.717) is 23.4 Å². The summed E-state index contributed by atoms with van der Waals surface area (Å²) in [5.74, 6) is -0.897. The van der Waals surface area contributed by atoms with Crippen LogP contribution in [0.15, 0.2) is 24.4 Å².